The summed E-state index contributed by atoms with van der Waals surface area (Å²) >= 11 is 0. The molecule has 0 fully saturated rings. The summed E-state index contributed by atoms with van der Waals surface area (Å²) in [5.41, 5.74) is 14.4. The fraction of sp³-hybridized carbons (Fsp3) is 0.0545. The standard InChI is InChI=1S/C55H36O/c1-55(2)47-22-12-11-17-40(47)46-32-48-52(45-30-29-34-14-5-6-16-39(34)54(45)56-48)51(53(46)55)36-26-24-35(25-27-36)49-41-18-7-9-20-43(41)50(44-21-10-8-19-42(44)49)38-28-23-33-13-3-4-15-37(33)31-38/h3-32H,1-2H3. The normalized spacial score (nSPS) is 13.3. The molecule has 1 nitrogen and oxygen atoms in total. The molecule has 0 spiro atoms. The van der Waals surface area contributed by atoms with Crippen molar-refractivity contribution in [2.24, 2.45) is 0 Å². The molecule has 12 rings (SSSR count). The Balaban J connectivity index is 1.11. The molecular formula is C55H36O. The van der Waals surface area contributed by atoms with Crippen molar-refractivity contribution in [3.05, 3.63) is 193 Å². The Bertz CT molecular complexity index is 3370. The first-order valence-corrected chi connectivity index (χ1v) is 19.6. The van der Waals surface area contributed by atoms with Gasteiger partial charge in [0.05, 0.1) is 0 Å². The van der Waals surface area contributed by atoms with Crippen molar-refractivity contribution in [3.8, 4) is 44.5 Å². The van der Waals surface area contributed by atoms with Gasteiger partial charge in [-0.1, -0.05) is 178 Å². The van der Waals surface area contributed by atoms with Crippen LogP contribution in [0.15, 0.2) is 186 Å². The lowest BCUT2D eigenvalue weighted by Gasteiger charge is -2.25. The number of benzene rings is 10. The molecule has 0 saturated carbocycles. The molecule has 0 atom stereocenters. The third-order valence-corrected chi connectivity index (χ3v) is 12.6. The number of rotatable bonds is 3. The zero-order valence-corrected chi connectivity index (χ0v) is 31.2. The van der Waals surface area contributed by atoms with E-state index in [-0.39, 0.29) is 5.41 Å². The van der Waals surface area contributed by atoms with Crippen LogP contribution in [0.2, 0.25) is 0 Å². The van der Waals surface area contributed by atoms with E-state index < -0.39 is 0 Å². The first-order chi connectivity index (χ1) is 27.5. The van der Waals surface area contributed by atoms with E-state index >= 15 is 0 Å². The Labute approximate surface area is 325 Å². The molecule has 0 saturated heterocycles. The number of hydrogen-bond donors (Lipinski definition) is 0. The van der Waals surface area contributed by atoms with Gasteiger partial charge in [0.25, 0.3) is 0 Å². The van der Waals surface area contributed by atoms with Crippen LogP contribution in [-0.4, -0.2) is 0 Å². The molecule has 10 aromatic carbocycles. The molecule has 262 valence electrons. The summed E-state index contributed by atoms with van der Waals surface area (Å²) in [5.74, 6) is 0. The van der Waals surface area contributed by atoms with E-state index in [1.54, 1.807) is 0 Å². The summed E-state index contributed by atoms with van der Waals surface area (Å²) in [6.07, 6.45) is 0. The minimum Gasteiger partial charge on any atom is -0.455 e. The predicted molar refractivity (Wildman–Crippen MR) is 238 cm³/mol. The van der Waals surface area contributed by atoms with Gasteiger partial charge in [-0.25, -0.2) is 0 Å². The van der Waals surface area contributed by atoms with E-state index in [4.69, 9.17) is 4.42 Å². The van der Waals surface area contributed by atoms with Crippen LogP contribution in [-0.2, 0) is 5.41 Å². The smallest absolute Gasteiger partial charge is 0.143 e. The Morgan fingerprint density at radius 1 is 0.375 bits per heavy atom. The third-order valence-electron chi connectivity index (χ3n) is 12.6. The van der Waals surface area contributed by atoms with Gasteiger partial charge in [0.1, 0.15) is 11.2 Å². The van der Waals surface area contributed by atoms with E-state index in [0.717, 1.165) is 21.9 Å². The Hall–Kier alpha value is -6.96. The molecule has 56 heavy (non-hydrogen) atoms. The van der Waals surface area contributed by atoms with Crippen LogP contribution in [0.4, 0.5) is 0 Å². The molecule has 0 bridgehead atoms. The minimum absolute atomic E-state index is 0.195. The van der Waals surface area contributed by atoms with Gasteiger partial charge in [-0.3, -0.25) is 0 Å². The largest absolute Gasteiger partial charge is 0.455 e. The zero-order chi connectivity index (χ0) is 37.1. The molecule has 1 heterocycles. The molecule has 1 aliphatic rings. The van der Waals surface area contributed by atoms with E-state index in [1.165, 1.54) is 98.7 Å². The average Bonchev–Trinajstić information content (AvgIpc) is 3.74. The summed E-state index contributed by atoms with van der Waals surface area (Å²) in [5, 5.41) is 12.2. The first-order valence-electron chi connectivity index (χ1n) is 19.6. The molecule has 0 N–H and O–H groups in total. The van der Waals surface area contributed by atoms with Gasteiger partial charge < -0.3 is 4.42 Å². The highest BCUT2D eigenvalue weighted by atomic mass is 16.3. The van der Waals surface area contributed by atoms with Crippen LogP contribution in [0.3, 0.4) is 0 Å². The fourth-order valence-corrected chi connectivity index (χ4v) is 10.1. The summed E-state index contributed by atoms with van der Waals surface area (Å²) in [6.45, 7) is 4.77. The van der Waals surface area contributed by atoms with Gasteiger partial charge >= 0.3 is 0 Å². The summed E-state index contributed by atoms with van der Waals surface area (Å²) in [7, 11) is 0. The highest BCUT2D eigenvalue weighted by Crippen LogP contribution is 2.56. The van der Waals surface area contributed by atoms with Crippen molar-refractivity contribution >= 4 is 65.0 Å². The number of furan rings is 1. The maximum atomic E-state index is 6.90. The molecule has 0 unspecified atom stereocenters. The van der Waals surface area contributed by atoms with Crippen LogP contribution >= 0.6 is 0 Å². The van der Waals surface area contributed by atoms with Gasteiger partial charge in [0.15, 0.2) is 0 Å². The summed E-state index contributed by atoms with van der Waals surface area (Å²) in [6, 6.07) is 67.1. The minimum atomic E-state index is -0.195. The molecule has 1 heteroatoms. The third kappa shape index (κ3) is 4.31. The highest BCUT2D eigenvalue weighted by molar-refractivity contribution is 6.23. The molecule has 1 aromatic heterocycles. The second-order valence-corrected chi connectivity index (χ2v) is 16.0. The lowest BCUT2D eigenvalue weighted by atomic mass is 9.77. The van der Waals surface area contributed by atoms with Crippen LogP contribution in [0.25, 0.3) is 110 Å². The van der Waals surface area contributed by atoms with Gasteiger partial charge in [-0.2, -0.15) is 0 Å². The second kappa shape index (κ2) is 11.5. The van der Waals surface area contributed by atoms with E-state index in [0.29, 0.717) is 0 Å². The maximum absolute atomic E-state index is 6.90. The van der Waals surface area contributed by atoms with E-state index in [1.807, 2.05) is 0 Å². The lowest BCUT2D eigenvalue weighted by Crippen LogP contribution is -2.16. The fourth-order valence-electron chi connectivity index (χ4n) is 10.1. The van der Waals surface area contributed by atoms with Crippen molar-refractivity contribution < 1.29 is 4.42 Å². The number of fused-ring (bicyclic) bond motifs is 11. The van der Waals surface area contributed by atoms with Crippen molar-refractivity contribution in [1.82, 2.24) is 0 Å². The van der Waals surface area contributed by atoms with Crippen LogP contribution in [0.5, 0.6) is 0 Å². The monoisotopic (exact) mass is 712 g/mol. The lowest BCUT2D eigenvalue weighted by molar-refractivity contribution is 0.660. The molecular weight excluding hydrogens is 677 g/mol. The Morgan fingerprint density at radius 2 is 0.893 bits per heavy atom. The van der Waals surface area contributed by atoms with Crippen molar-refractivity contribution in [2.45, 2.75) is 19.3 Å². The van der Waals surface area contributed by atoms with Gasteiger partial charge in [0, 0.05) is 21.6 Å². The van der Waals surface area contributed by atoms with Gasteiger partial charge in [-0.05, 0) is 112 Å². The van der Waals surface area contributed by atoms with Crippen molar-refractivity contribution in [2.75, 3.05) is 0 Å². The summed E-state index contributed by atoms with van der Waals surface area (Å²) < 4.78 is 6.90. The maximum Gasteiger partial charge on any atom is 0.143 e. The number of hydrogen-bond acceptors (Lipinski definition) is 1. The highest BCUT2D eigenvalue weighted by Gasteiger charge is 2.39. The van der Waals surface area contributed by atoms with Crippen LogP contribution < -0.4 is 0 Å². The van der Waals surface area contributed by atoms with E-state index in [2.05, 4.69) is 196 Å². The van der Waals surface area contributed by atoms with Crippen molar-refractivity contribution in [3.63, 3.8) is 0 Å². The average molecular weight is 713 g/mol. The Kier molecular flexibility index (Phi) is 6.46. The predicted octanol–water partition coefficient (Wildman–Crippen LogP) is 15.5. The van der Waals surface area contributed by atoms with Gasteiger partial charge in [-0.15, -0.1) is 0 Å². The second-order valence-electron chi connectivity index (χ2n) is 16.0. The molecule has 0 amide bonds. The topological polar surface area (TPSA) is 13.1 Å². The van der Waals surface area contributed by atoms with Gasteiger partial charge in [0.2, 0.25) is 0 Å². The molecule has 11 aromatic rings. The zero-order valence-electron chi connectivity index (χ0n) is 31.2. The van der Waals surface area contributed by atoms with Crippen LogP contribution in [0, 0.1) is 0 Å². The van der Waals surface area contributed by atoms with E-state index in [9.17, 15) is 0 Å². The quantitative estimate of drug-likeness (QED) is 0.166. The molecule has 1 aliphatic carbocycles. The molecule has 0 radical (unpaired) electrons. The first kappa shape index (κ1) is 31.4. The van der Waals surface area contributed by atoms with Crippen molar-refractivity contribution in [1.29, 1.82) is 0 Å². The molecule has 0 aliphatic heterocycles. The van der Waals surface area contributed by atoms with Crippen LogP contribution in [0.1, 0.15) is 25.0 Å². The SMILES string of the molecule is CC1(C)c2ccccc2-c2cc3oc4c5ccccc5ccc4c3c(-c3ccc(-c4c5ccccc5c(-c5ccc6ccccc6c5)c5ccccc45)cc3)c21. The Morgan fingerprint density at radius 3 is 1.59 bits per heavy atom. The summed E-state index contributed by atoms with van der Waals surface area (Å²) in [4.78, 5) is 0.